The van der Waals surface area contributed by atoms with Crippen molar-refractivity contribution < 1.29 is 9.53 Å². The average Bonchev–Trinajstić information content (AvgIpc) is 2.68. The Bertz CT molecular complexity index is 974. The Labute approximate surface area is 164 Å². The van der Waals surface area contributed by atoms with Crippen LogP contribution in [-0.4, -0.2) is 5.97 Å². The molecule has 2 aromatic carbocycles. The van der Waals surface area contributed by atoms with E-state index in [0.29, 0.717) is 22.9 Å². The first-order valence-electron chi connectivity index (χ1n) is 9.85. The van der Waals surface area contributed by atoms with Crippen LogP contribution in [0.4, 0.5) is 0 Å². The van der Waals surface area contributed by atoms with E-state index in [9.17, 15) is 9.59 Å². The topological polar surface area (TPSA) is 43.4 Å². The van der Waals surface area contributed by atoms with Gasteiger partial charge in [0.2, 0.25) is 0 Å². The van der Waals surface area contributed by atoms with E-state index in [2.05, 4.69) is 6.92 Å². The van der Waals surface area contributed by atoms with Gasteiger partial charge in [0.1, 0.15) is 5.75 Å². The highest BCUT2D eigenvalue weighted by molar-refractivity contribution is 7.24. The van der Waals surface area contributed by atoms with Gasteiger partial charge in [-0.2, -0.15) is 0 Å². The summed E-state index contributed by atoms with van der Waals surface area (Å²) in [7, 11) is 0. The first-order valence-corrected chi connectivity index (χ1v) is 10.7. The van der Waals surface area contributed by atoms with E-state index in [1.807, 2.05) is 30.3 Å². The molecule has 142 valence electrons. The van der Waals surface area contributed by atoms with Crippen LogP contribution in [0.15, 0.2) is 47.3 Å². The number of benzene rings is 2. The van der Waals surface area contributed by atoms with Crippen molar-refractivity contribution in [2.75, 3.05) is 0 Å². The number of carbonyl (C=O) groups excluding carboxylic acids is 1. The summed E-state index contributed by atoms with van der Waals surface area (Å²) >= 11 is 1.58. The quantitative estimate of drug-likeness (QED) is 0.185. The molecule has 3 rings (SSSR count). The molecule has 0 spiro atoms. The van der Waals surface area contributed by atoms with E-state index >= 15 is 0 Å². The normalized spacial score (nSPS) is 11.1. The molecule has 0 aliphatic carbocycles. The zero-order chi connectivity index (χ0) is 19.1. The fourth-order valence-electron chi connectivity index (χ4n) is 3.25. The molecule has 1 aromatic heterocycles. The first kappa shape index (κ1) is 19.6. The van der Waals surface area contributed by atoms with Gasteiger partial charge in [-0.1, -0.05) is 57.6 Å². The largest absolute Gasteiger partial charge is 0.427 e. The molecule has 1 heterocycles. The van der Waals surface area contributed by atoms with E-state index < -0.39 is 0 Å². The maximum atomic E-state index is 12.7. The van der Waals surface area contributed by atoms with Gasteiger partial charge >= 0.3 is 5.97 Å². The zero-order valence-electron chi connectivity index (χ0n) is 15.8. The van der Waals surface area contributed by atoms with E-state index in [1.54, 1.807) is 23.5 Å². The molecule has 0 radical (unpaired) electrons. The van der Waals surface area contributed by atoms with Crippen LogP contribution < -0.4 is 10.2 Å². The van der Waals surface area contributed by atoms with Crippen LogP contribution in [-0.2, 0) is 4.79 Å². The second kappa shape index (κ2) is 9.65. The lowest BCUT2D eigenvalue weighted by Gasteiger charge is -2.06. The number of hydrogen-bond acceptors (Lipinski definition) is 4. The van der Waals surface area contributed by atoms with E-state index in [0.717, 1.165) is 22.2 Å². The second-order valence-corrected chi connectivity index (χ2v) is 8.01. The zero-order valence-corrected chi connectivity index (χ0v) is 16.6. The van der Waals surface area contributed by atoms with Gasteiger partial charge in [0.15, 0.2) is 5.43 Å². The number of fused-ring (bicyclic) bond motifs is 2. The summed E-state index contributed by atoms with van der Waals surface area (Å²) in [6, 6.07) is 12.9. The maximum Gasteiger partial charge on any atom is 0.311 e. The van der Waals surface area contributed by atoms with Crippen molar-refractivity contribution in [3.05, 3.63) is 52.7 Å². The Morgan fingerprint density at radius 2 is 1.59 bits per heavy atom. The predicted molar refractivity (Wildman–Crippen MR) is 114 cm³/mol. The first-order chi connectivity index (χ1) is 13.2. The molecule has 0 atom stereocenters. The van der Waals surface area contributed by atoms with Gasteiger partial charge in [-0.05, 0) is 36.8 Å². The summed E-state index contributed by atoms with van der Waals surface area (Å²) in [5, 5.41) is 1.32. The fraction of sp³-hybridized carbons (Fsp3) is 0.391. The molecule has 0 aliphatic rings. The minimum absolute atomic E-state index is 0.00988. The summed E-state index contributed by atoms with van der Waals surface area (Å²) < 4.78 is 7.34. The minimum atomic E-state index is -0.222. The van der Waals surface area contributed by atoms with Crippen LogP contribution in [0.1, 0.15) is 58.3 Å². The Hall–Kier alpha value is -2.20. The third-order valence-corrected chi connectivity index (χ3v) is 5.92. The van der Waals surface area contributed by atoms with Crippen molar-refractivity contribution in [2.24, 2.45) is 0 Å². The second-order valence-electron chi connectivity index (χ2n) is 6.93. The molecule has 0 bridgehead atoms. The van der Waals surface area contributed by atoms with Gasteiger partial charge in [-0.15, -0.1) is 11.3 Å². The Morgan fingerprint density at radius 3 is 2.41 bits per heavy atom. The number of esters is 1. The highest BCUT2D eigenvalue weighted by Crippen LogP contribution is 2.27. The van der Waals surface area contributed by atoms with Crippen molar-refractivity contribution in [3.63, 3.8) is 0 Å². The van der Waals surface area contributed by atoms with Gasteiger partial charge in [-0.3, -0.25) is 9.59 Å². The average molecular weight is 383 g/mol. The van der Waals surface area contributed by atoms with Crippen molar-refractivity contribution in [2.45, 2.75) is 58.3 Å². The van der Waals surface area contributed by atoms with Crippen molar-refractivity contribution >= 4 is 37.5 Å². The van der Waals surface area contributed by atoms with Crippen LogP contribution in [0.5, 0.6) is 5.75 Å². The fourth-order valence-corrected chi connectivity index (χ4v) is 4.31. The minimum Gasteiger partial charge on any atom is -0.427 e. The molecule has 3 aromatic rings. The molecule has 0 saturated carbocycles. The highest BCUT2D eigenvalue weighted by atomic mass is 32.1. The van der Waals surface area contributed by atoms with Gasteiger partial charge < -0.3 is 4.74 Å². The monoisotopic (exact) mass is 382 g/mol. The molecule has 0 aliphatic heterocycles. The lowest BCUT2D eigenvalue weighted by Crippen LogP contribution is -2.08. The third kappa shape index (κ3) is 5.16. The molecule has 0 fully saturated rings. The van der Waals surface area contributed by atoms with Crippen LogP contribution in [0, 0.1) is 0 Å². The molecule has 0 unspecified atom stereocenters. The summed E-state index contributed by atoms with van der Waals surface area (Å²) in [5.74, 6) is 0.231. The summed E-state index contributed by atoms with van der Waals surface area (Å²) in [4.78, 5) is 24.8. The SMILES string of the molecule is CCCCCCCCCC(=O)Oc1ccc2sc3ccccc3c(=O)c2c1. The summed E-state index contributed by atoms with van der Waals surface area (Å²) in [5.41, 5.74) is -0.00988. The van der Waals surface area contributed by atoms with Gasteiger partial charge in [0, 0.05) is 26.6 Å². The molecular formula is C23H26O3S. The highest BCUT2D eigenvalue weighted by Gasteiger charge is 2.09. The Morgan fingerprint density at radius 1 is 0.889 bits per heavy atom. The number of hydrogen-bond donors (Lipinski definition) is 0. The Kier molecular flexibility index (Phi) is 6.99. The summed E-state index contributed by atoms with van der Waals surface area (Å²) in [6.07, 6.45) is 8.60. The van der Waals surface area contributed by atoms with Crippen LogP contribution in [0.3, 0.4) is 0 Å². The molecular weight excluding hydrogens is 356 g/mol. The third-order valence-electron chi connectivity index (χ3n) is 4.76. The molecule has 27 heavy (non-hydrogen) atoms. The molecule has 0 N–H and O–H groups in total. The van der Waals surface area contributed by atoms with E-state index in [4.69, 9.17) is 4.74 Å². The molecule has 0 amide bonds. The van der Waals surface area contributed by atoms with Crippen LogP contribution >= 0.6 is 11.3 Å². The maximum absolute atomic E-state index is 12.7. The number of ether oxygens (including phenoxy) is 1. The van der Waals surface area contributed by atoms with Crippen molar-refractivity contribution in [1.82, 2.24) is 0 Å². The summed E-state index contributed by atoms with van der Waals surface area (Å²) in [6.45, 7) is 2.21. The standard InChI is InChI=1S/C23H26O3S/c1-2-3-4-5-6-7-8-13-22(24)26-17-14-15-21-19(16-17)23(25)18-11-9-10-12-20(18)27-21/h9-12,14-16H,2-8,13H2,1H3. The van der Waals surface area contributed by atoms with Gasteiger partial charge in [0.05, 0.1) is 0 Å². The number of unbranched alkanes of at least 4 members (excludes halogenated alkanes) is 6. The smallest absolute Gasteiger partial charge is 0.311 e. The Balaban J connectivity index is 1.60. The van der Waals surface area contributed by atoms with Crippen molar-refractivity contribution in [3.8, 4) is 5.75 Å². The lowest BCUT2D eigenvalue weighted by atomic mass is 10.1. The number of carbonyl (C=O) groups is 1. The molecule has 4 heteroatoms. The van der Waals surface area contributed by atoms with Gasteiger partial charge in [0.25, 0.3) is 0 Å². The van der Waals surface area contributed by atoms with Crippen molar-refractivity contribution in [1.29, 1.82) is 0 Å². The lowest BCUT2D eigenvalue weighted by molar-refractivity contribution is -0.134. The van der Waals surface area contributed by atoms with Gasteiger partial charge in [-0.25, -0.2) is 0 Å². The van der Waals surface area contributed by atoms with E-state index in [1.165, 1.54) is 32.1 Å². The molecule has 0 saturated heterocycles. The van der Waals surface area contributed by atoms with Crippen LogP contribution in [0.2, 0.25) is 0 Å². The predicted octanol–water partition coefficient (Wildman–Crippen LogP) is 6.46. The molecule has 3 nitrogen and oxygen atoms in total. The van der Waals surface area contributed by atoms with Crippen LogP contribution in [0.25, 0.3) is 20.2 Å². The van der Waals surface area contributed by atoms with E-state index in [-0.39, 0.29) is 11.4 Å². The number of rotatable bonds is 9.